The number of methoxy groups -OCH3 is 1. The Kier molecular flexibility index (Phi) is 4.64. The molecule has 0 atom stereocenters. The summed E-state index contributed by atoms with van der Waals surface area (Å²) in [7, 11) is 1.59. The van der Waals surface area contributed by atoms with Gasteiger partial charge in [0.25, 0.3) is 0 Å². The molecule has 104 valence electrons. The first kappa shape index (κ1) is 14.4. The number of hydrogen-bond donors (Lipinski definition) is 0. The number of ether oxygens (including phenoxy) is 2. The molecule has 0 heterocycles. The van der Waals surface area contributed by atoms with E-state index in [2.05, 4.69) is 0 Å². The second-order valence-electron chi connectivity index (χ2n) is 4.39. The summed E-state index contributed by atoms with van der Waals surface area (Å²) >= 11 is 5.91. The number of benzene rings is 2. The van der Waals surface area contributed by atoms with Crippen LogP contribution in [0.25, 0.3) is 0 Å². The lowest BCUT2D eigenvalue weighted by molar-refractivity contribution is 0.112. The number of rotatable bonds is 5. The number of aldehydes is 1. The third-order valence-electron chi connectivity index (χ3n) is 2.96. The third-order valence-corrected chi connectivity index (χ3v) is 3.20. The molecule has 2 rings (SSSR count). The quantitative estimate of drug-likeness (QED) is 0.779. The van der Waals surface area contributed by atoms with Gasteiger partial charge in [0.05, 0.1) is 7.11 Å². The van der Waals surface area contributed by atoms with Gasteiger partial charge in [-0.1, -0.05) is 11.6 Å². The van der Waals surface area contributed by atoms with Gasteiger partial charge in [-0.2, -0.15) is 0 Å². The van der Waals surface area contributed by atoms with E-state index < -0.39 is 0 Å². The Balaban J connectivity index is 2.19. The minimum absolute atomic E-state index is 0.327. The molecule has 0 aromatic heterocycles. The topological polar surface area (TPSA) is 35.5 Å². The fraction of sp³-hybridized carbons (Fsp3) is 0.188. The molecule has 0 aliphatic carbocycles. The number of hydrogen-bond acceptors (Lipinski definition) is 3. The summed E-state index contributed by atoms with van der Waals surface area (Å²) in [6.07, 6.45) is 0.802. The van der Waals surface area contributed by atoms with Crippen LogP contribution in [0.3, 0.4) is 0 Å². The molecular formula is C16H15ClO3. The van der Waals surface area contributed by atoms with Gasteiger partial charge in [0.2, 0.25) is 0 Å². The lowest BCUT2D eigenvalue weighted by Crippen LogP contribution is -2.01. The molecule has 3 nitrogen and oxygen atoms in total. The lowest BCUT2D eigenvalue weighted by atomic mass is 10.1. The Hall–Kier alpha value is -2.00. The Labute approximate surface area is 123 Å². The predicted octanol–water partition coefficient (Wildman–Crippen LogP) is 4.05. The normalized spacial score (nSPS) is 10.2. The molecule has 0 aliphatic rings. The molecule has 0 amide bonds. The van der Waals surface area contributed by atoms with Crippen LogP contribution >= 0.6 is 11.6 Å². The van der Waals surface area contributed by atoms with Crippen molar-refractivity contribution in [2.45, 2.75) is 13.5 Å². The average molecular weight is 291 g/mol. The number of carbonyl (C=O) groups excluding carboxylic acids is 1. The van der Waals surface area contributed by atoms with E-state index in [1.807, 2.05) is 19.1 Å². The highest BCUT2D eigenvalue weighted by atomic mass is 35.5. The van der Waals surface area contributed by atoms with Gasteiger partial charge in [0, 0.05) is 16.1 Å². The van der Waals surface area contributed by atoms with E-state index >= 15 is 0 Å². The van der Waals surface area contributed by atoms with E-state index in [0.29, 0.717) is 22.9 Å². The Bertz CT molecular complexity index is 623. The van der Waals surface area contributed by atoms with Crippen molar-refractivity contribution in [2.24, 2.45) is 0 Å². The smallest absolute Gasteiger partial charge is 0.150 e. The summed E-state index contributed by atoms with van der Waals surface area (Å²) in [5, 5.41) is 0.676. The van der Waals surface area contributed by atoms with E-state index in [-0.39, 0.29) is 0 Å². The van der Waals surface area contributed by atoms with Crippen LogP contribution in [-0.4, -0.2) is 13.4 Å². The van der Waals surface area contributed by atoms with E-state index in [1.165, 1.54) is 0 Å². The SMILES string of the molecule is COc1ccc(C=O)cc1COc1ccc(Cl)cc1C. The van der Waals surface area contributed by atoms with Gasteiger partial charge in [-0.25, -0.2) is 0 Å². The fourth-order valence-electron chi connectivity index (χ4n) is 1.91. The summed E-state index contributed by atoms with van der Waals surface area (Å²) in [6.45, 7) is 2.26. The van der Waals surface area contributed by atoms with Gasteiger partial charge >= 0.3 is 0 Å². The molecule has 0 spiro atoms. The van der Waals surface area contributed by atoms with Crippen molar-refractivity contribution in [1.82, 2.24) is 0 Å². The highest BCUT2D eigenvalue weighted by molar-refractivity contribution is 6.30. The van der Waals surface area contributed by atoms with Gasteiger partial charge in [0.15, 0.2) is 0 Å². The van der Waals surface area contributed by atoms with Gasteiger partial charge in [0.1, 0.15) is 24.4 Å². The van der Waals surface area contributed by atoms with Gasteiger partial charge in [-0.3, -0.25) is 4.79 Å². The van der Waals surface area contributed by atoms with Crippen LogP contribution in [0.5, 0.6) is 11.5 Å². The average Bonchev–Trinajstić information content (AvgIpc) is 2.46. The zero-order valence-corrected chi connectivity index (χ0v) is 12.1. The molecule has 0 N–H and O–H groups in total. The Morgan fingerprint density at radius 3 is 2.55 bits per heavy atom. The van der Waals surface area contributed by atoms with Crippen molar-refractivity contribution < 1.29 is 14.3 Å². The van der Waals surface area contributed by atoms with Crippen molar-refractivity contribution in [3.63, 3.8) is 0 Å². The summed E-state index contributed by atoms with van der Waals surface area (Å²) in [5.74, 6) is 1.45. The van der Waals surface area contributed by atoms with E-state index in [4.69, 9.17) is 21.1 Å². The van der Waals surface area contributed by atoms with Gasteiger partial charge in [-0.15, -0.1) is 0 Å². The first-order valence-electron chi connectivity index (χ1n) is 6.15. The summed E-state index contributed by atoms with van der Waals surface area (Å²) < 4.78 is 11.0. The molecule has 0 saturated heterocycles. The van der Waals surface area contributed by atoms with Crippen molar-refractivity contribution in [2.75, 3.05) is 7.11 Å². The van der Waals surface area contributed by atoms with Gasteiger partial charge < -0.3 is 9.47 Å². The monoisotopic (exact) mass is 290 g/mol. The maximum absolute atomic E-state index is 10.8. The Morgan fingerprint density at radius 1 is 1.15 bits per heavy atom. The predicted molar refractivity (Wildman–Crippen MR) is 78.9 cm³/mol. The zero-order valence-electron chi connectivity index (χ0n) is 11.4. The van der Waals surface area contributed by atoms with Crippen molar-refractivity contribution >= 4 is 17.9 Å². The maximum Gasteiger partial charge on any atom is 0.150 e. The van der Waals surface area contributed by atoms with E-state index in [9.17, 15) is 4.79 Å². The standard InChI is InChI=1S/C16H15ClO3/c1-11-7-14(17)4-6-15(11)20-10-13-8-12(9-18)3-5-16(13)19-2/h3-9H,10H2,1-2H3. The minimum atomic E-state index is 0.327. The first-order valence-corrected chi connectivity index (χ1v) is 6.53. The van der Waals surface area contributed by atoms with Crippen LogP contribution in [0.15, 0.2) is 36.4 Å². The van der Waals surface area contributed by atoms with Crippen LogP contribution in [0.2, 0.25) is 5.02 Å². The highest BCUT2D eigenvalue weighted by Crippen LogP contribution is 2.25. The van der Waals surface area contributed by atoms with Crippen LogP contribution in [-0.2, 0) is 6.61 Å². The Morgan fingerprint density at radius 2 is 1.90 bits per heavy atom. The molecule has 0 radical (unpaired) electrons. The molecular weight excluding hydrogens is 276 g/mol. The fourth-order valence-corrected chi connectivity index (χ4v) is 2.14. The second-order valence-corrected chi connectivity index (χ2v) is 4.82. The van der Waals surface area contributed by atoms with Crippen LogP contribution < -0.4 is 9.47 Å². The van der Waals surface area contributed by atoms with Crippen molar-refractivity contribution in [3.05, 3.63) is 58.1 Å². The van der Waals surface area contributed by atoms with E-state index in [0.717, 1.165) is 23.2 Å². The zero-order chi connectivity index (χ0) is 14.5. The van der Waals surface area contributed by atoms with Crippen LogP contribution in [0, 0.1) is 6.92 Å². The van der Waals surface area contributed by atoms with Crippen molar-refractivity contribution in [3.8, 4) is 11.5 Å². The number of carbonyl (C=O) groups is 1. The van der Waals surface area contributed by atoms with Gasteiger partial charge in [-0.05, 0) is 48.9 Å². The van der Waals surface area contributed by atoms with Crippen molar-refractivity contribution in [1.29, 1.82) is 0 Å². The van der Waals surface area contributed by atoms with Crippen LogP contribution in [0.4, 0.5) is 0 Å². The summed E-state index contributed by atoms with van der Waals surface area (Å²) in [6, 6.07) is 10.7. The van der Waals surface area contributed by atoms with Crippen LogP contribution in [0.1, 0.15) is 21.5 Å². The minimum Gasteiger partial charge on any atom is -0.496 e. The summed E-state index contributed by atoms with van der Waals surface area (Å²) in [4.78, 5) is 10.8. The number of halogens is 1. The second kappa shape index (κ2) is 6.44. The number of aryl methyl sites for hydroxylation is 1. The molecule has 2 aromatic carbocycles. The molecule has 0 aliphatic heterocycles. The molecule has 2 aromatic rings. The molecule has 0 unspecified atom stereocenters. The molecule has 20 heavy (non-hydrogen) atoms. The highest BCUT2D eigenvalue weighted by Gasteiger charge is 2.07. The largest absolute Gasteiger partial charge is 0.496 e. The third kappa shape index (κ3) is 3.31. The molecule has 0 bridgehead atoms. The van der Waals surface area contributed by atoms with E-state index in [1.54, 1.807) is 31.4 Å². The lowest BCUT2D eigenvalue weighted by Gasteiger charge is -2.12. The maximum atomic E-state index is 10.8. The molecule has 0 saturated carbocycles. The molecule has 0 fully saturated rings. The first-order chi connectivity index (χ1) is 9.63. The summed E-state index contributed by atoms with van der Waals surface area (Å²) in [5.41, 5.74) is 2.38. The molecule has 4 heteroatoms.